The Labute approximate surface area is 71.7 Å². The van der Waals surface area contributed by atoms with E-state index >= 15 is 0 Å². The van der Waals surface area contributed by atoms with Gasteiger partial charge in [0.1, 0.15) is 17.0 Å². The fourth-order valence-electron chi connectivity index (χ4n) is 2.15. The summed E-state index contributed by atoms with van der Waals surface area (Å²) in [5, 5.41) is 9.04. The number of carbonyl (C=O) groups excluding carboxylic acids is 1. The molecule has 0 aromatic carbocycles. The van der Waals surface area contributed by atoms with Crippen LogP contribution in [0.5, 0.6) is 0 Å². The minimum atomic E-state index is -0.353. The van der Waals surface area contributed by atoms with Crippen molar-refractivity contribution in [1.82, 2.24) is 0 Å². The number of ether oxygens (including phenoxy) is 1. The molecule has 0 amide bonds. The molecule has 1 N–H and O–H groups in total. The molecule has 68 valence electrons. The van der Waals surface area contributed by atoms with Crippen molar-refractivity contribution >= 4 is 5.78 Å². The molecule has 0 aromatic heterocycles. The summed E-state index contributed by atoms with van der Waals surface area (Å²) in [4.78, 5) is 11.0. The Morgan fingerprint density at radius 2 is 2.08 bits per heavy atom. The monoisotopic (exact) mass is 170 g/mol. The summed E-state index contributed by atoms with van der Waals surface area (Å²) < 4.78 is 5.53. The SMILES string of the molecule is C[C@@]1(CO)OC12CCC(=O)CC2. The van der Waals surface area contributed by atoms with Crippen LogP contribution in [0, 0.1) is 0 Å². The summed E-state index contributed by atoms with van der Waals surface area (Å²) in [6, 6.07) is 0. The van der Waals surface area contributed by atoms with Gasteiger partial charge in [-0.05, 0) is 19.8 Å². The van der Waals surface area contributed by atoms with Crippen LogP contribution >= 0.6 is 0 Å². The maximum absolute atomic E-state index is 11.0. The first-order valence-electron chi connectivity index (χ1n) is 4.45. The number of rotatable bonds is 1. The van der Waals surface area contributed by atoms with Crippen molar-refractivity contribution in [2.24, 2.45) is 0 Å². The van der Waals surface area contributed by atoms with Crippen molar-refractivity contribution < 1.29 is 14.6 Å². The molecule has 0 unspecified atom stereocenters. The van der Waals surface area contributed by atoms with Gasteiger partial charge >= 0.3 is 0 Å². The van der Waals surface area contributed by atoms with Crippen molar-refractivity contribution in [3.8, 4) is 0 Å². The normalized spacial score (nSPS) is 38.7. The second-order valence-electron chi connectivity index (χ2n) is 4.02. The van der Waals surface area contributed by atoms with Crippen LogP contribution in [0.4, 0.5) is 0 Å². The molecule has 0 bridgehead atoms. The maximum atomic E-state index is 11.0. The zero-order chi connectivity index (χ0) is 8.82. The van der Waals surface area contributed by atoms with Gasteiger partial charge in [0.05, 0.1) is 6.61 Å². The zero-order valence-electron chi connectivity index (χ0n) is 7.30. The van der Waals surface area contributed by atoms with Crippen LogP contribution in [0.15, 0.2) is 0 Å². The van der Waals surface area contributed by atoms with Gasteiger partial charge < -0.3 is 9.84 Å². The fourth-order valence-corrected chi connectivity index (χ4v) is 2.15. The first-order valence-corrected chi connectivity index (χ1v) is 4.45. The standard InChI is InChI=1S/C9H14O3/c1-8(6-10)9(12-8)4-2-7(11)3-5-9/h10H,2-6H2,1H3/t8-/m0/s1. The highest BCUT2D eigenvalue weighted by molar-refractivity contribution is 5.79. The molecule has 3 nitrogen and oxygen atoms in total. The molecule has 12 heavy (non-hydrogen) atoms. The first-order chi connectivity index (χ1) is 5.62. The Bertz CT molecular complexity index is 214. The Morgan fingerprint density at radius 3 is 2.50 bits per heavy atom. The third-order valence-corrected chi connectivity index (χ3v) is 3.26. The molecule has 1 atom stereocenters. The molecule has 1 aliphatic carbocycles. The van der Waals surface area contributed by atoms with Gasteiger partial charge in [-0.3, -0.25) is 4.79 Å². The minimum absolute atomic E-state index is 0.0706. The Balaban J connectivity index is 2.04. The van der Waals surface area contributed by atoms with Crippen LogP contribution in [0.25, 0.3) is 0 Å². The molecule has 1 saturated carbocycles. The Hall–Kier alpha value is -0.410. The molecular formula is C9H14O3. The topological polar surface area (TPSA) is 49.8 Å². The first kappa shape index (κ1) is 8.20. The lowest BCUT2D eigenvalue weighted by Crippen LogP contribution is -2.31. The van der Waals surface area contributed by atoms with Crippen LogP contribution in [0.3, 0.4) is 0 Å². The van der Waals surface area contributed by atoms with Crippen molar-refractivity contribution in [1.29, 1.82) is 0 Å². The predicted octanol–water partition coefficient (Wildman–Crippen LogP) is 0.649. The molecule has 1 heterocycles. The molecule has 2 aliphatic rings. The minimum Gasteiger partial charge on any atom is -0.393 e. The van der Waals surface area contributed by atoms with E-state index in [1.165, 1.54) is 0 Å². The van der Waals surface area contributed by atoms with Gasteiger partial charge in [0.15, 0.2) is 0 Å². The molecule has 0 aromatic rings. The number of epoxide rings is 1. The zero-order valence-corrected chi connectivity index (χ0v) is 7.30. The van der Waals surface area contributed by atoms with Gasteiger partial charge in [0, 0.05) is 12.8 Å². The van der Waals surface area contributed by atoms with E-state index in [0.29, 0.717) is 18.6 Å². The number of hydrogen-bond acceptors (Lipinski definition) is 3. The van der Waals surface area contributed by atoms with Crippen molar-refractivity contribution in [3.05, 3.63) is 0 Å². The van der Waals surface area contributed by atoms with Crippen LogP contribution < -0.4 is 0 Å². The number of carbonyl (C=O) groups is 1. The molecule has 2 rings (SSSR count). The summed E-state index contributed by atoms with van der Waals surface area (Å²) >= 11 is 0. The van der Waals surface area contributed by atoms with Crippen LogP contribution in [-0.4, -0.2) is 28.7 Å². The number of Topliss-reactive ketones (excluding diaryl/α,β-unsaturated/α-hetero) is 1. The van der Waals surface area contributed by atoms with E-state index in [2.05, 4.69) is 0 Å². The predicted molar refractivity (Wildman–Crippen MR) is 42.8 cm³/mol. The highest BCUT2D eigenvalue weighted by atomic mass is 16.6. The summed E-state index contributed by atoms with van der Waals surface area (Å²) in [5.41, 5.74) is -0.511. The average molecular weight is 170 g/mol. The van der Waals surface area contributed by atoms with E-state index < -0.39 is 0 Å². The number of aliphatic hydroxyl groups excluding tert-OH is 1. The smallest absolute Gasteiger partial charge is 0.133 e. The van der Waals surface area contributed by atoms with Crippen molar-refractivity contribution in [2.45, 2.75) is 43.8 Å². The molecule has 1 aliphatic heterocycles. The van der Waals surface area contributed by atoms with Crippen LogP contribution in [0.2, 0.25) is 0 Å². The molecular weight excluding hydrogens is 156 g/mol. The third-order valence-electron chi connectivity index (χ3n) is 3.26. The van der Waals surface area contributed by atoms with Gasteiger partial charge in [0.25, 0.3) is 0 Å². The van der Waals surface area contributed by atoms with Gasteiger partial charge in [-0.1, -0.05) is 0 Å². The van der Waals surface area contributed by atoms with E-state index in [-0.39, 0.29) is 17.8 Å². The van der Waals surface area contributed by atoms with E-state index in [1.54, 1.807) is 0 Å². The second kappa shape index (κ2) is 2.30. The van der Waals surface area contributed by atoms with Crippen LogP contribution in [-0.2, 0) is 9.53 Å². The largest absolute Gasteiger partial charge is 0.393 e. The summed E-state index contributed by atoms with van der Waals surface area (Å²) in [6.45, 7) is 1.99. The number of ketones is 1. The van der Waals surface area contributed by atoms with E-state index in [1.807, 2.05) is 6.92 Å². The third kappa shape index (κ3) is 0.930. The van der Waals surface area contributed by atoms with Gasteiger partial charge in [-0.15, -0.1) is 0 Å². The number of hydrogen-bond donors (Lipinski definition) is 1. The number of aliphatic hydroxyl groups is 1. The summed E-state index contributed by atoms with van der Waals surface area (Å²) in [5.74, 6) is 0.330. The second-order valence-corrected chi connectivity index (χ2v) is 4.02. The molecule has 1 spiro atoms. The highest BCUT2D eigenvalue weighted by Crippen LogP contribution is 2.55. The summed E-state index contributed by atoms with van der Waals surface area (Å²) in [6.07, 6.45) is 2.83. The quantitative estimate of drug-likeness (QED) is 0.588. The van der Waals surface area contributed by atoms with E-state index in [0.717, 1.165) is 12.8 Å². The Kier molecular flexibility index (Phi) is 1.57. The molecule has 0 radical (unpaired) electrons. The molecule has 3 heteroatoms. The van der Waals surface area contributed by atoms with Gasteiger partial charge in [0.2, 0.25) is 0 Å². The lowest BCUT2D eigenvalue weighted by molar-refractivity contribution is -0.121. The highest BCUT2D eigenvalue weighted by Gasteiger charge is 2.66. The lowest BCUT2D eigenvalue weighted by atomic mass is 9.80. The lowest BCUT2D eigenvalue weighted by Gasteiger charge is -2.19. The fraction of sp³-hybridized carbons (Fsp3) is 0.889. The molecule has 1 saturated heterocycles. The van der Waals surface area contributed by atoms with Gasteiger partial charge in [-0.25, -0.2) is 0 Å². The van der Waals surface area contributed by atoms with E-state index in [4.69, 9.17) is 9.84 Å². The van der Waals surface area contributed by atoms with E-state index in [9.17, 15) is 4.79 Å². The maximum Gasteiger partial charge on any atom is 0.133 e. The van der Waals surface area contributed by atoms with Crippen LogP contribution in [0.1, 0.15) is 32.6 Å². The summed E-state index contributed by atoms with van der Waals surface area (Å²) in [7, 11) is 0. The average Bonchev–Trinajstić information content (AvgIpc) is 2.65. The Morgan fingerprint density at radius 1 is 1.50 bits per heavy atom. The molecule has 2 fully saturated rings. The van der Waals surface area contributed by atoms with Crippen molar-refractivity contribution in [2.75, 3.05) is 6.61 Å². The van der Waals surface area contributed by atoms with Gasteiger partial charge in [-0.2, -0.15) is 0 Å². The van der Waals surface area contributed by atoms with Crippen molar-refractivity contribution in [3.63, 3.8) is 0 Å².